The summed E-state index contributed by atoms with van der Waals surface area (Å²) >= 11 is 0. The maximum Gasteiger partial charge on any atom is 0.192 e. The quantitative estimate of drug-likeness (QED) is 0.0663. The van der Waals surface area contributed by atoms with Crippen LogP contribution in [0.3, 0.4) is 0 Å². The fourth-order valence-corrected chi connectivity index (χ4v) is 10.4. The van der Waals surface area contributed by atoms with Crippen molar-refractivity contribution in [1.82, 2.24) is 0 Å². The molecule has 0 aliphatic heterocycles. The molecule has 1 aromatic rings. The lowest BCUT2D eigenvalue weighted by Crippen LogP contribution is -2.47. The molecule has 0 bridgehead atoms. The predicted molar refractivity (Wildman–Crippen MR) is 204 cm³/mol. The van der Waals surface area contributed by atoms with E-state index in [1.165, 1.54) is 11.1 Å². The van der Waals surface area contributed by atoms with Crippen LogP contribution >= 0.6 is 0 Å². The monoisotopic (exact) mass is 664 g/mol. The van der Waals surface area contributed by atoms with Gasteiger partial charge in [-0.2, -0.15) is 0 Å². The van der Waals surface area contributed by atoms with Gasteiger partial charge in [-0.1, -0.05) is 76.6 Å². The lowest BCUT2D eigenvalue weighted by atomic mass is 9.61. The third-order valence-electron chi connectivity index (χ3n) is 11.1. The molecule has 0 amide bonds. The normalized spacial score (nSPS) is 20.4. The van der Waals surface area contributed by atoms with Crippen molar-refractivity contribution in [3.8, 4) is 5.75 Å². The van der Waals surface area contributed by atoms with Crippen molar-refractivity contribution < 1.29 is 18.7 Å². The van der Waals surface area contributed by atoms with E-state index in [1.54, 1.807) is 7.11 Å². The zero-order valence-corrected chi connectivity index (χ0v) is 32.6. The third kappa shape index (κ3) is 12.3. The topological polar surface area (TPSA) is 44.8 Å². The molecule has 0 N–H and O–H groups in total. The first kappa shape index (κ1) is 41.0. The van der Waals surface area contributed by atoms with Gasteiger partial charge in [-0.25, -0.2) is 0 Å². The van der Waals surface area contributed by atoms with Gasteiger partial charge in [0.05, 0.1) is 25.9 Å². The number of carbonyl (C=O) groups is 1. The van der Waals surface area contributed by atoms with Crippen LogP contribution in [0.2, 0.25) is 18.1 Å². The highest BCUT2D eigenvalue weighted by Crippen LogP contribution is 2.49. The van der Waals surface area contributed by atoms with E-state index in [9.17, 15) is 4.79 Å². The number of ketones is 1. The van der Waals surface area contributed by atoms with Crippen molar-refractivity contribution >= 4 is 14.1 Å². The summed E-state index contributed by atoms with van der Waals surface area (Å²) in [4.78, 5) is 14.6. The summed E-state index contributed by atoms with van der Waals surface area (Å²) in [5, 5.41) is 0. The van der Waals surface area contributed by atoms with Gasteiger partial charge in [-0.3, -0.25) is 4.79 Å². The van der Waals surface area contributed by atoms with Gasteiger partial charge < -0.3 is 13.9 Å². The van der Waals surface area contributed by atoms with Crippen LogP contribution in [0.1, 0.15) is 125 Å². The fraction of sp³-hybridized carbons (Fsp3) is 0.643. The van der Waals surface area contributed by atoms with Crippen molar-refractivity contribution in [2.45, 2.75) is 150 Å². The first-order valence-corrected chi connectivity index (χ1v) is 21.0. The molecule has 47 heavy (non-hydrogen) atoms. The van der Waals surface area contributed by atoms with E-state index in [-0.39, 0.29) is 11.2 Å². The summed E-state index contributed by atoms with van der Waals surface area (Å²) in [6.45, 7) is 23.0. The van der Waals surface area contributed by atoms with Crippen molar-refractivity contribution in [3.05, 3.63) is 77.4 Å². The number of Topliss-reactive ketones (excluding diaryl/α,β-unsaturated/α-hetero) is 1. The van der Waals surface area contributed by atoms with E-state index in [0.29, 0.717) is 25.6 Å². The van der Waals surface area contributed by atoms with Gasteiger partial charge in [0.25, 0.3) is 0 Å². The Labute approximate surface area is 290 Å². The van der Waals surface area contributed by atoms with Gasteiger partial charge in [0.1, 0.15) is 5.75 Å². The summed E-state index contributed by atoms with van der Waals surface area (Å²) in [5.41, 5.74) is 4.17. The summed E-state index contributed by atoms with van der Waals surface area (Å²) in [7, 11) is -0.245. The molecule has 0 saturated heterocycles. The molecule has 2 rings (SSSR count). The molecule has 0 aromatic heterocycles. The second kappa shape index (κ2) is 20.3. The van der Waals surface area contributed by atoms with Crippen molar-refractivity contribution in [1.29, 1.82) is 0 Å². The Balaban J connectivity index is 2.47. The molecule has 1 aliphatic rings. The first-order valence-electron chi connectivity index (χ1n) is 18.5. The van der Waals surface area contributed by atoms with Crippen LogP contribution in [-0.2, 0) is 20.6 Å². The minimum atomic E-state index is -1.93. The molecule has 264 valence electrons. The van der Waals surface area contributed by atoms with Gasteiger partial charge in [0.2, 0.25) is 0 Å². The van der Waals surface area contributed by atoms with Crippen LogP contribution in [0.15, 0.2) is 71.9 Å². The van der Waals surface area contributed by atoms with E-state index in [1.807, 2.05) is 18.2 Å². The zero-order valence-electron chi connectivity index (χ0n) is 31.6. The molecule has 4 nitrogen and oxygen atoms in total. The molecule has 0 fully saturated rings. The molecule has 0 spiro atoms. The number of ether oxygens (including phenoxy) is 2. The van der Waals surface area contributed by atoms with Gasteiger partial charge >= 0.3 is 0 Å². The largest absolute Gasteiger partial charge is 0.497 e. The van der Waals surface area contributed by atoms with Gasteiger partial charge in [0.15, 0.2) is 14.1 Å². The average Bonchev–Trinajstić information content (AvgIpc) is 3.07. The summed E-state index contributed by atoms with van der Waals surface area (Å²) in [6, 6.07) is 11.3. The Hall–Kier alpha value is -2.21. The van der Waals surface area contributed by atoms with Crippen LogP contribution in [0.5, 0.6) is 5.75 Å². The average molecular weight is 665 g/mol. The highest BCUT2D eigenvalue weighted by atomic mass is 28.4. The Morgan fingerprint density at radius 2 is 1.77 bits per heavy atom. The Kier molecular flexibility index (Phi) is 17.7. The number of hydrogen-bond acceptors (Lipinski definition) is 4. The molecule has 1 aliphatic carbocycles. The molecule has 0 radical (unpaired) electrons. The van der Waals surface area contributed by atoms with Crippen LogP contribution in [0.4, 0.5) is 0 Å². The van der Waals surface area contributed by atoms with Crippen LogP contribution in [0.25, 0.3) is 0 Å². The summed E-state index contributed by atoms with van der Waals surface area (Å²) in [6.07, 6.45) is 18.1. The highest BCUT2D eigenvalue weighted by Gasteiger charge is 2.43. The Morgan fingerprint density at radius 3 is 2.36 bits per heavy atom. The van der Waals surface area contributed by atoms with E-state index >= 15 is 0 Å². The zero-order chi connectivity index (χ0) is 34.9. The van der Waals surface area contributed by atoms with Gasteiger partial charge in [-0.15, -0.1) is 6.58 Å². The van der Waals surface area contributed by atoms with E-state index in [0.717, 1.165) is 92.8 Å². The van der Waals surface area contributed by atoms with E-state index in [4.69, 9.17) is 13.9 Å². The van der Waals surface area contributed by atoms with Crippen molar-refractivity contribution in [3.63, 3.8) is 0 Å². The van der Waals surface area contributed by atoms with E-state index < -0.39 is 13.9 Å². The fourth-order valence-electron chi connectivity index (χ4n) is 7.26. The minimum Gasteiger partial charge on any atom is -0.497 e. The smallest absolute Gasteiger partial charge is 0.192 e. The Bertz CT molecular complexity index is 1180. The number of benzene rings is 1. The van der Waals surface area contributed by atoms with Crippen molar-refractivity contribution in [2.75, 3.05) is 13.7 Å². The highest BCUT2D eigenvalue weighted by molar-refractivity contribution is 6.73. The summed E-state index contributed by atoms with van der Waals surface area (Å²) < 4.78 is 19.0. The van der Waals surface area contributed by atoms with Crippen molar-refractivity contribution in [2.24, 2.45) is 11.3 Å². The SMILES string of the molecule is C=CCCC/C=C(\C)CC[C@]1(C)C(COCc2ccc(OC)cc2)=C(C(=O)C[C@](C)(CC/C=C\C)O[Si](CC)(CC)CC)CC[C@H]1C. The summed E-state index contributed by atoms with van der Waals surface area (Å²) in [5.74, 6) is 1.56. The number of hydrogen-bond donors (Lipinski definition) is 0. The number of unbranched alkanes of at least 4 members (excludes halogenated alkanes) is 2. The molecule has 0 heterocycles. The number of carbonyl (C=O) groups excluding carboxylic acids is 1. The van der Waals surface area contributed by atoms with Crippen LogP contribution in [0, 0.1) is 11.3 Å². The number of allylic oxidation sites excluding steroid dienone is 6. The van der Waals surface area contributed by atoms with E-state index in [2.05, 4.69) is 92.3 Å². The molecular weight excluding hydrogens is 597 g/mol. The molecule has 0 saturated carbocycles. The molecule has 3 atom stereocenters. The standard InChI is InChI=1S/C42H68O4Si/c1-11-16-18-19-21-34(6)28-30-42(9)35(7)22-27-38(39(42)33-45-32-36-23-25-37(44-10)26-24-36)40(43)31-41(8,29-20-17-12-2)46-47(13-3,14-4)15-5/h11-12,17,21,23-26,35H,1,13-16,18-20,22,27-33H2,2-10H3/b17-12-,34-21+/t35-,41+,42+/m1/s1. The Morgan fingerprint density at radius 1 is 1.09 bits per heavy atom. The lowest BCUT2D eigenvalue weighted by Gasteiger charge is -2.44. The maximum atomic E-state index is 14.6. The van der Waals surface area contributed by atoms with Crippen LogP contribution < -0.4 is 4.74 Å². The third-order valence-corrected chi connectivity index (χ3v) is 15.9. The maximum absolute atomic E-state index is 14.6. The second-order valence-electron chi connectivity index (χ2n) is 14.4. The minimum absolute atomic E-state index is 0.115. The van der Waals surface area contributed by atoms with Gasteiger partial charge in [-0.05, 0) is 137 Å². The first-order chi connectivity index (χ1) is 22.4. The molecule has 1 aromatic carbocycles. The molecular formula is C42H68O4Si. The lowest BCUT2D eigenvalue weighted by molar-refractivity contribution is -0.120. The molecule has 0 unspecified atom stereocenters. The number of rotatable bonds is 23. The van der Waals surface area contributed by atoms with Crippen LogP contribution in [-0.4, -0.2) is 33.4 Å². The van der Waals surface area contributed by atoms with Gasteiger partial charge in [0, 0.05) is 6.42 Å². The predicted octanol–water partition coefficient (Wildman–Crippen LogP) is 12.1. The second-order valence-corrected chi connectivity index (χ2v) is 19.1. The number of methoxy groups -OCH3 is 1. The molecule has 5 heteroatoms.